The Kier molecular flexibility index (Phi) is 7.45. The van der Waals surface area contributed by atoms with Crippen LogP contribution in [0.15, 0.2) is 24.3 Å². The number of hydrogen-bond donors (Lipinski definition) is 3. The first-order valence-electron chi connectivity index (χ1n) is 8.45. The average molecular weight is 367 g/mol. The van der Waals surface area contributed by atoms with Crippen molar-refractivity contribution in [2.24, 2.45) is 0 Å². The fourth-order valence-electron chi connectivity index (χ4n) is 2.77. The third-order valence-electron chi connectivity index (χ3n) is 4.20. The van der Waals surface area contributed by atoms with Gasteiger partial charge in [0.1, 0.15) is 32.2 Å². The van der Waals surface area contributed by atoms with Crippen LogP contribution in [0.25, 0.3) is 0 Å². The molecule has 1 saturated heterocycles. The van der Waals surface area contributed by atoms with Crippen LogP contribution in [0.3, 0.4) is 0 Å². The molecule has 142 valence electrons. The van der Waals surface area contributed by atoms with Gasteiger partial charge in [-0.25, -0.2) is 0 Å². The minimum Gasteiger partial charge on any atom is -0.544 e. The zero-order valence-electron chi connectivity index (χ0n) is 14.3. The van der Waals surface area contributed by atoms with Gasteiger partial charge >= 0.3 is 0 Å². The number of aliphatic carboxylic acids is 1. The van der Waals surface area contributed by atoms with Crippen LogP contribution in [0, 0.1) is 10.1 Å². The number of carboxylic acid groups (broad SMARTS) is 1. The lowest BCUT2D eigenvalue weighted by Crippen LogP contribution is -3.17. The fraction of sp³-hybridized carbons (Fsp3) is 0.500. The van der Waals surface area contributed by atoms with E-state index in [2.05, 4.69) is 5.32 Å². The molecule has 10 nitrogen and oxygen atoms in total. The molecule has 1 heterocycles. The number of quaternary nitrogens is 2. The number of carboxylic acids is 1. The van der Waals surface area contributed by atoms with E-state index < -0.39 is 22.8 Å². The Bertz CT molecular complexity index is 647. The van der Waals surface area contributed by atoms with E-state index in [0.717, 1.165) is 19.6 Å². The largest absolute Gasteiger partial charge is 0.544 e. The topological polar surface area (TPSA) is 143 Å². The Morgan fingerprint density at radius 3 is 2.73 bits per heavy atom. The standard InChI is InChI=1S/C16H22N4O6/c21-15(18-12-2-1-3-13(10-12)20(24)25)11-14(16(22)23)17-4-5-19-6-8-26-9-7-19/h1-3,10,14,17H,4-9,11H2,(H,18,21)(H,22,23)/p+1/t14-/m1/s1. The molecule has 26 heavy (non-hydrogen) atoms. The number of hydrogen-bond acceptors (Lipinski definition) is 6. The smallest absolute Gasteiger partial charge is 0.271 e. The molecule has 0 spiro atoms. The normalized spacial score (nSPS) is 16.0. The Hall–Kier alpha value is -2.56. The number of nitrogens with two attached hydrogens (primary N) is 1. The average Bonchev–Trinajstić information content (AvgIpc) is 2.61. The SMILES string of the molecule is O=C(C[C@@H]([NH2+]CC[NH+]1CCOCC1)C(=O)[O-])Nc1cccc([N+](=O)[O-])c1. The van der Waals surface area contributed by atoms with E-state index >= 15 is 0 Å². The second-order valence-electron chi connectivity index (χ2n) is 6.12. The van der Waals surface area contributed by atoms with Gasteiger partial charge in [0.25, 0.3) is 5.69 Å². The predicted octanol–water partition coefficient (Wildman–Crippen LogP) is -3.48. The van der Waals surface area contributed by atoms with E-state index in [-0.39, 0.29) is 17.8 Å². The molecule has 1 atom stereocenters. The van der Waals surface area contributed by atoms with Crippen molar-refractivity contribution in [3.63, 3.8) is 0 Å². The highest BCUT2D eigenvalue weighted by Crippen LogP contribution is 2.17. The van der Waals surface area contributed by atoms with Crippen molar-refractivity contribution in [1.29, 1.82) is 0 Å². The Morgan fingerprint density at radius 1 is 1.35 bits per heavy atom. The lowest BCUT2D eigenvalue weighted by atomic mass is 10.2. The summed E-state index contributed by atoms with van der Waals surface area (Å²) in [6.07, 6.45) is -0.274. The maximum Gasteiger partial charge on any atom is 0.271 e. The van der Waals surface area contributed by atoms with Crippen LogP contribution in [-0.4, -0.2) is 62.2 Å². The number of carbonyl (C=O) groups is 2. The molecule has 1 aromatic carbocycles. The van der Waals surface area contributed by atoms with Gasteiger partial charge < -0.3 is 30.2 Å². The summed E-state index contributed by atoms with van der Waals surface area (Å²) in [6, 6.07) is 4.47. The van der Waals surface area contributed by atoms with Crippen LogP contribution in [0.2, 0.25) is 0 Å². The van der Waals surface area contributed by atoms with Crippen LogP contribution in [0.1, 0.15) is 6.42 Å². The summed E-state index contributed by atoms with van der Waals surface area (Å²) < 4.78 is 5.27. The van der Waals surface area contributed by atoms with Crippen LogP contribution >= 0.6 is 0 Å². The number of carbonyl (C=O) groups excluding carboxylic acids is 2. The summed E-state index contributed by atoms with van der Waals surface area (Å²) >= 11 is 0. The summed E-state index contributed by atoms with van der Waals surface area (Å²) in [5.74, 6) is -1.84. The molecule has 1 aliphatic heterocycles. The van der Waals surface area contributed by atoms with Gasteiger partial charge in [0, 0.05) is 17.8 Å². The molecule has 0 unspecified atom stereocenters. The second-order valence-corrected chi connectivity index (χ2v) is 6.12. The molecule has 4 N–H and O–H groups in total. The number of anilines is 1. The molecule has 0 radical (unpaired) electrons. The van der Waals surface area contributed by atoms with Crippen molar-refractivity contribution in [2.45, 2.75) is 12.5 Å². The van der Waals surface area contributed by atoms with Gasteiger partial charge in [-0.1, -0.05) is 6.07 Å². The Morgan fingerprint density at radius 2 is 2.08 bits per heavy atom. The van der Waals surface area contributed by atoms with Crippen molar-refractivity contribution < 1.29 is 34.6 Å². The summed E-state index contributed by atoms with van der Waals surface area (Å²) in [6.45, 7) is 4.50. The second kappa shape index (κ2) is 9.80. The molecule has 1 amide bonds. The van der Waals surface area contributed by atoms with Gasteiger partial charge in [-0.3, -0.25) is 14.9 Å². The van der Waals surface area contributed by atoms with E-state index in [1.165, 1.54) is 29.2 Å². The zero-order valence-corrected chi connectivity index (χ0v) is 14.3. The highest BCUT2D eigenvalue weighted by molar-refractivity contribution is 5.93. The van der Waals surface area contributed by atoms with E-state index in [4.69, 9.17) is 4.74 Å². The van der Waals surface area contributed by atoms with Gasteiger partial charge in [-0.15, -0.1) is 0 Å². The molecule has 1 fully saturated rings. The molecule has 0 saturated carbocycles. The van der Waals surface area contributed by atoms with Gasteiger partial charge in [-0.05, 0) is 6.07 Å². The molecule has 10 heteroatoms. The Labute approximate surface area is 150 Å². The summed E-state index contributed by atoms with van der Waals surface area (Å²) in [5, 5.41) is 26.1. The lowest BCUT2D eigenvalue weighted by molar-refractivity contribution is -0.920. The molecule has 0 aliphatic carbocycles. The van der Waals surface area contributed by atoms with Crippen molar-refractivity contribution >= 4 is 23.3 Å². The molecule has 0 bridgehead atoms. The van der Waals surface area contributed by atoms with Crippen LogP contribution < -0.4 is 20.6 Å². The minimum absolute atomic E-state index is 0.153. The van der Waals surface area contributed by atoms with Gasteiger partial charge in [-0.2, -0.15) is 0 Å². The number of benzene rings is 1. The maximum absolute atomic E-state index is 12.1. The highest BCUT2D eigenvalue weighted by atomic mass is 16.6. The first-order valence-corrected chi connectivity index (χ1v) is 8.45. The van der Waals surface area contributed by atoms with E-state index in [9.17, 15) is 24.8 Å². The number of nitro groups is 1. The monoisotopic (exact) mass is 367 g/mol. The molecule has 1 aliphatic rings. The van der Waals surface area contributed by atoms with Crippen molar-refractivity contribution in [1.82, 2.24) is 0 Å². The first kappa shape index (κ1) is 19.8. The number of morpholine rings is 1. The van der Waals surface area contributed by atoms with E-state index in [1.807, 2.05) is 0 Å². The van der Waals surface area contributed by atoms with Crippen LogP contribution in [0.4, 0.5) is 11.4 Å². The first-order chi connectivity index (χ1) is 12.5. The summed E-state index contributed by atoms with van der Waals surface area (Å²) in [5.41, 5.74) is 0.0957. The van der Waals surface area contributed by atoms with Crippen molar-refractivity contribution in [2.75, 3.05) is 44.7 Å². The number of nitrogens with zero attached hydrogens (tertiary/aromatic N) is 1. The number of amides is 1. The fourth-order valence-corrected chi connectivity index (χ4v) is 2.77. The molecule has 2 rings (SSSR count). The zero-order chi connectivity index (χ0) is 18.9. The minimum atomic E-state index is -1.31. The van der Waals surface area contributed by atoms with E-state index in [0.29, 0.717) is 19.8 Å². The van der Waals surface area contributed by atoms with Crippen LogP contribution in [0.5, 0.6) is 0 Å². The molecule has 1 aromatic rings. The third-order valence-corrected chi connectivity index (χ3v) is 4.20. The highest BCUT2D eigenvalue weighted by Gasteiger charge is 2.21. The molecular formula is C16H23N4O6+. The molecular weight excluding hydrogens is 344 g/mol. The third kappa shape index (κ3) is 6.39. The summed E-state index contributed by atoms with van der Waals surface area (Å²) in [4.78, 5) is 34.9. The lowest BCUT2D eigenvalue weighted by Gasteiger charge is -2.24. The number of ether oxygens (including phenoxy) is 1. The number of nitro benzene ring substituents is 1. The summed E-state index contributed by atoms with van der Waals surface area (Å²) in [7, 11) is 0. The quantitative estimate of drug-likeness (QED) is 0.306. The number of non-ortho nitro benzene ring substituents is 1. The van der Waals surface area contributed by atoms with Gasteiger partial charge in [0.05, 0.1) is 30.5 Å². The van der Waals surface area contributed by atoms with E-state index in [1.54, 1.807) is 5.32 Å². The van der Waals surface area contributed by atoms with Crippen LogP contribution in [-0.2, 0) is 14.3 Å². The predicted molar refractivity (Wildman–Crippen MR) is 88.3 cm³/mol. The number of nitrogens with one attached hydrogen (secondary N) is 2. The molecule has 0 aromatic heterocycles. The number of rotatable bonds is 9. The maximum atomic E-state index is 12.1. The van der Waals surface area contributed by atoms with Gasteiger partial charge in [0.2, 0.25) is 5.91 Å². The van der Waals surface area contributed by atoms with Crippen molar-refractivity contribution in [3.05, 3.63) is 34.4 Å². The van der Waals surface area contributed by atoms with Gasteiger partial charge in [0.15, 0.2) is 0 Å². The Balaban J connectivity index is 1.82. The van der Waals surface area contributed by atoms with Crippen molar-refractivity contribution in [3.8, 4) is 0 Å².